The molecule has 0 unspecified atom stereocenters. The van der Waals surface area contributed by atoms with Crippen LogP contribution in [0.25, 0.3) is 6.08 Å². The molecule has 1 N–H and O–H groups in total. The Kier molecular flexibility index (Phi) is 8.18. The van der Waals surface area contributed by atoms with Crippen LogP contribution in [-0.4, -0.2) is 42.1 Å². The van der Waals surface area contributed by atoms with E-state index in [1.54, 1.807) is 24.3 Å². The molecule has 0 amide bonds. The SMILES string of the molecule is C=C[C@]1(C)CC[C@@H]2CC[C@]3(CCC(=O)[C@H]3[C@]2(C)COC(=O)COC(=O)/C=C/c2cccc(C#N)c2)[C@@H](C)[C@@H]1O. The van der Waals surface area contributed by atoms with Crippen molar-refractivity contribution in [3.8, 4) is 6.07 Å². The number of rotatable bonds is 7. The van der Waals surface area contributed by atoms with Crippen LogP contribution in [0.2, 0.25) is 0 Å². The first kappa shape index (κ1) is 28.8. The number of fused-ring (bicyclic) bond motifs is 5. The molecule has 4 aliphatic carbocycles. The molecular weight excluding hydrogens is 494 g/mol. The molecular formula is C32H39NO6. The van der Waals surface area contributed by atoms with Crippen molar-refractivity contribution in [2.45, 2.75) is 65.4 Å². The quantitative estimate of drug-likeness (QED) is 0.297. The highest BCUT2D eigenvalue weighted by molar-refractivity contribution is 5.88. The van der Waals surface area contributed by atoms with Gasteiger partial charge in [-0.2, -0.15) is 5.26 Å². The molecule has 0 saturated heterocycles. The van der Waals surface area contributed by atoms with Gasteiger partial charge in [-0.15, -0.1) is 6.58 Å². The molecule has 4 saturated carbocycles. The zero-order chi connectivity index (χ0) is 28.4. The van der Waals surface area contributed by atoms with Gasteiger partial charge in [-0.25, -0.2) is 9.59 Å². The van der Waals surface area contributed by atoms with E-state index >= 15 is 0 Å². The molecule has 1 aromatic rings. The van der Waals surface area contributed by atoms with E-state index in [2.05, 4.69) is 27.4 Å². The second kappa shape index (κ2) is 11.1. The van der Waals surface area contributed by atoms with E-state index < -0.39 is 35.5 Å². The minimum atomic E-state index is -0.696. The summed E-state index contributed by atoms with van der Waals surface area (Å²) in [5.41, 5.74) is -0.230. The Bertz CT molecular complexity index is 1220. The predicted octanol–water partition coefficient (Wildman–Crippen LogP) is 5.02. The lowest BCUT2D eigenvalue weighted by molar-refractivity contribution is -0.171. The summed E-state index contributed by atoms with van der Waals surface area (Å²) in [5.74, 6) is -1.42. The number of aliphatic hydroxyl groups is 1. The van der Waals surface area contributed by atoms with E-state index in [1.807, 2.05) is 12.1 Å². The molecule has 4 fully saturated rings. The van der Waals surface area contributed by atoms with E-state index in [0.29, 0.717) is 17.5 Å². The predicted molar refractivity (Wildman–Crippen MR) is 146 cm³/mol. The van der Waals surface area contributed by atoms with E-state index in [1.165, 1.54) is 12.2 Å². The molecule has 0 radical (unpaired) electrons. The van der Waals surface area contributed by atoms with Crippen molar-refractivity contribution in [2.75, 3.05) is 13.2 Å². The Hall–Kier alpha value is -3.24. The third-order valence-electron chi connectivity index (χ3n) is 10.1. The summed E-state index contributed by atoms with van der Waals surface area (Å²) in [6, 6.07) is 8.80. The fourth-order valence-corrected chi connectivity index (χ4v) is 7.73. The number of nitriles is 1. The van der Waals surface area contributed by atoms with Gasteiger partial charge in [0, 0.05) is 29.2 Å². The van der Waals surface area contributed by atoms with Gasteiger partial charge in [0.05, 0.1) is 24.3 Å². The maximum absolute atomic E-state index is 13.4. The normalized spacial score (nSPS) is 35.8. The van der Waals surface area contributed by atoms with Crippen LogP contribution in [0.1, 0.15) is 70.4 Å². The van der Waals surface area contributed by atoms with Crippen molar-refractivity contribution in [3.05, 3.63) is 54.1 Å². The van der Waals surface area contributed by atoms with Crippen molar-refractivity contribution < 1.29 is 29.0 Å². The maximum atomic E-state index is 13.4. The third kappa shape index (κ3) is 5.32. The summed E-state index contributed by atoms with van der Waals surface area (Å²) in [6.07, 6.45) is 8.52. The fraction of sp³-hybridized carbons (Fsp3) is 0.562. The monoisotopic (exact) mass is 533 g/mol. The summed E-state index contributed by atoms with van der Waals surface area (Å²) >= 11 is 0. The Morgan fingerprint density at radius 1 is 1.21 bits per heavy atom. The Balaban J connectivity index is 1.45. The molecule has 5 rings (SSSR count). The highest BCUT2D eigenvalue weighted by atomic mass is 16.6. The number of ether oxygens (including phenoxy) is 2. The zero-order valence-corrected chi connectivity index (χ0v) is 23.2. The molecule has 0 aromatic heterocycles. The number of ketones is 1. The van der Waals surface area contributed by atoms with Crippen LogP contribution in [0.4, 0.5) is 0 Å². The molecule has 1 aromatic carbocycles. The summed E-state index contributed by atoms with van der Waals surface area (Å²) in [7, 11) is 0. The molecule has 7 nitrogen and oxygen atoms in total. The maximum Gasteiger partial charge on any atom is 0.344 e. The molecule has 208 valence electrons. The van der Waals surface area contributed by atoms with Gasteiger partial charge in [0.1, 0.15) is 5.78 Å². The van der Waals surface area contributed by atoms with Crippen molar-refractivity contribution in [1.29, 1.82) is 5.26 Å². The number of aliphatic hydroxyl groups excluding tert-OH is 1. The average molecular weight is 534 g/mol. The number of hydrogen-bond donors (Lipinski definition) is 1. The number of Topliss-reactive ketones (excluding diaryl/α,β-unsaturated/α-hetero) is 1. The van der Waals surface area contributed by atoms with Gasteiger partial charge >= 0.3 is 11.9 Å². The highest BCUT2D eigenvalue weighted by Crippen LogP contribution is 2.66. The fourth-order valence-electron chi connectivity index (χ4n) is 7.73. The number of hydrogen-bond acceptors (Lipinski definition) is 7. The summed E-state index contributed by atoms with van der Waals surface area (Å²) in [5, 5.41) is 20.5. The van der Waals surface area contributed by atoms with Gasteiger partial charge in [-0.3, -0.25) is 4.79 Å². The van der Waals surface area contributed by atoms with Crippen molar-refractivity contribution in [3.63, 3.8) is 0 Å². The summed E-state index contributed by atoms with van der Waals surface area (Å²) in [4.78, 5) is 38.2. The Morgan fingerprint density at radius 3 is 2.67 bits per heavy atom. The van der Waals surface area contributed by atoms with E-state index in [4.69, 9.17) is 14.7 Å². The number of benzene rings is 1. The first-order chi connectivity index (χ1) is 18.5. The van der Waals surface area contributed by atoms with Crippen molar-refractivity contribution in [2.24, 2.45) is 34.0 Å². The molecule has 0 heterocycles. The lowest BCUT2D eigenvalue weighted by Gasteiger charge is -2.55. The van der Waals surface area contributed by atoms with Crippen LogP contribution in [0.3, 0.4) is 0 Å². The average Bonchev–Trinajstić information content (AvgIpc) is 3.32. The summed E-state index contributed by atoms with van der Waals surface area (Å²) in [6.45, 7) is 9.74. The third-order valence-corrected chi connectivity index (χ3v) is 10.1. The molecule has 39 heavy (non-hydrogen) atoms. The lowest BCUT2D eigenvalue weighted by atomic mass is 9.48. The van der Waals surface area contributed by atoms with Crippen LogP contribution in [0, 0.1) is 45.3 Å². The van der Waals surface area contributed by atoms with Gasteiger partial charge in [-0.1, -0.05) is 39.0 Å². The van der Waals surface area contributed by atoms with Crippen LogP contribution < -0.4 is 0 Å². The Morgan fingerprint density at radius 2 is 1.95 bits per heavy atom. The molecule has 2 bridgehead atoms. The van der Waals surface area contributed by atoms with Gasteiger partial charge in [-0.05, 0) is 73.1 Å². The van der Waals surface area contributed by atoms with Gasteiger partial charge in [0.25, 0.3) is 0 Å². The first-order valence-electron chi connectivity index (χ1n) is 13.8. The highest BCUT2D eigenvalue weighted by Gasteiger charge is 2.65. The van der Waals surface area contributed by atoms with Crippen molar-refractivity contribution >= 4 is 23.8 Å². The minimum Gasteiger partial charge on any atom is -0.463 e. The second-order valence-electron chi connectivity index (χ2n) is 12.2. The smallest absolute Gasteiger partial charge is 0.344 e. The lowest BCUT2D eigenvalue weighted by Crippen LogP contribution is -2.56. The number of carbonyl (C=O) groups is 3. The van der Waals surface area contributed by atoms with Crippen molar-refractivity contribution in [1.82, 2.24) is 0 Å². The van der Waals surface area contributed by atoms with Gasteiger partial charge in [0.15, 0.2) is 6.61 Å². The molecule has 4 aliphatic rings. The van der Waals surface area contributed by atoms with E-state index in [-0.39, 0.29) is 35.6 Å². The van der Waals surface area contributed by atoms with Crippen LogP contribution >= 0.6 is 0 Å². The second-order valence-corrected chi connectivity index (χ2v) is 12.2. The van der Waals surface area contributed by atoms with E-state index in [0.717, 1.165) is 32.1 Å². The van der Waals surface area contributed by atoms with E-state index in [9.17, 15) is 19.5 Å². The number of esters is 2. The Labute approximate surface area is 230 Å². The number of nitrogens with zero attached hydrogens (tertiary/aromatic N) is 1. The van der Waals surface area contributed by atoms with Crippen LogP contribution in [0.5, 0.6) is 0 Å². The topological polar surface area (TPSA) is 114 Å². The molecule has 1 spiro atoms. The summed E-state index contributed by atoms with van der Waals surface area (Å²) < 4.78 is 10.8. The zero-order valence-electron chi connectivity index (χ0n) is 23.2. The minimum absolute atomic E-state index is 0.0661. The van der Waals surface area contributed by atoms with Crippen LogP contribution in [-0.2, 0) is 23.9 Å². The standard InChI is InChI=1S/C32H39NO6/c1-5-30(3)14-11-24-12-15-32(21(2)29(30)37)16-13-25(34)28(32)31(24,4)20-39-27(36)19-38-26(35)10-9-22-7-6-8-23(17-22)18-33/h5-10,17,21,24,28-29,37H,1,11-16,19-20H2,2-4H3/b10-9+/t21-,24+,28-,29-,30+,31+,32-/m0/s1. The molecule has 7 heteroatoms. The van der Waals surface area contributed by atoms with Gasteiger partial charge < -0.3 is 14.6 Å². The number of carbonyl (C=O) groups excluding carboxylic acids is 3. The first-order valence-corrected chi connectivity index (χ1v) is 13.8. The van der Waals surface area contributed by atoms with Crippen LogP contribution in [0.15, 0.2) is 43.0 Å². The molecule has 7 atom stereocenters. The largest absolute Gasteiger partial charge is 0.463 e. The van der Waals surface area contributed by atoms with Gasteiger partial charge in [0.2, 0.25) is 0 Å². The molecule has 0 aliphatic heterocycles.